The molecule has 2 aliphatic heterocycles. The van der Waals surface area contributed by atoms with Crippen molar-refractivity contribution in [1.29, 1.82) is 0 Å². The molecule has 2 atom stereocenters. The fourth-order valence-electron chi connectivity index (χ4n) is 5.11. The maximum atomic E-state index is 12.7. The number of carbonyl (C=O) groups excluding carboxylic acids is 2. The van der Waals surface area contributed by atoms with Crippen molar-refractivity contribution in [2.45, 2.75) is 19.4 Å². The van der Waals surface area contributed by atoms with Crippen molar-refractivity contribution in [1.82, 2.24) is 4.90 Å². The lowest BCUT2D eigenvalue weighted by Gasteiger charge is -2.31. The normalized spacial score (nSPS) is 27.9. The number of amides is 2. The summed E-state index contributed by atoms with van der Waals surface area (Å²) in [7, 11) is 4.88. The van der Waals surface area contributed by atoms with E-state index >= 15 is 0 Å². The Hall–Kier alpha value is -2.58. The first-order valence-electron chi connectivity index (χ1n) is 11.0. The Labute approximate surface area is 183 Å². The molecule has 4 rings (SSSR count). The molecule has 1 aromatic carbocycles. The van der Waals surface area contributed by atoms with Crippen molar-refractivity contribution < 1.29 is 33.6 Å². The van der Waals surface area contributed by atoms with E-state index < -0.39 is 0 Å². The summed E-state index contributed by atoms with van der Waals surface area (Å²) >= 11 is 0. The zero-order valence-electron chi connectivity index (χ0n) is 18.6. The minimum Gasteiger partial charge on any atom is -0.493 e. The molecule has 0 radical (unpaired) electrons. The average Bonchev–Trinajstić information content (AvgIpc) is 3.04. The molecule has 31 heavy (non-hydrogen) atoms. The number of nitrogens with zero attached hydrogens (tertiary/aromatic N) is 1. The number of methoxy groups -OCH3 is 3. The van der Waals surface area contributed by atoms with E-state index in [9.17, 15) is 9.59 Å². The van der Waals surface area contributed by atoms with Gasteiger partial charge in [0.15, 0.2) is 18.2 Å². The fourth-order valence-corrected chi connectivity index (χ4v) is 5.11. The number of quaternary nitrogens is 2. The van der Waals surface area contributed by atoms with Crippen molar-refractivity contribution in [2.75, 3.05) is 54.2 Å². The molecule has 1 aromatic rings. The van der Waals surface area contributed by atoms with Crippen LogP contribution in [-0.2, 0) is 16.1 Å². The SMILES string of the molecule is COc1ccc(C[NH+]2CC[NH+](CN3C(=O)[C@@H]4CC=CC[C@H]4C3=O)CC2)c(OC)c1OC. The van der Waals surface area contributed by atoms with Gasteiger partial charge in [-0.2, -0.15) is 0 Å². The first-order chi connectivity index (χ1) is 15.1. The monoisotopic (exact) mass is 431 g/mol. The quantitative estimate of drug-likeness (QED) is 0.424. The van der Waals surface area contributed by atoms with Gasteiger partial charge in [-0.3, -0.25) is 9.59 Å². The molecule has 2 amide bonds. The Bertz CT molecular complexity index is 837. The maximum absolute atomic E-state index is 12.7. The summed E-state index contributed by atoms with van der Waals surface area (Å²) in [5, 5.41) is 0. The second-order valence-electron chi connectivity index (χ2n) is 8.59. The topological polar surface area (TPSA) is 74.0 Å². The Balaban J connectivity index is 1.35. The number of ether oxygens (including phenoxy) is 3. The molecule has 168 valence electrons. The molecule has 0 bridgehead atoms. The Morgan fingerprint density at radius 3 is 1.97 bits per heavy atom. The van der Waals surface area contributed by atoms with E-state index in [0.29, 0.717) is 36.8 Å². The highest BCUT2D eigenvalue weighted by Crippen LogP contribution is 2.39. The van der Waals surface area contributed by atoms with Gasteiger partial charge in [0.25, 0.3) is 0 Å². The molecule has 0 aromatic heterocycles. The maximum Gasteiger partial charge on any atom is 0.237 e. The molecule has 8 heteroatoms. The molecule has 2 fully saturated rings. The van der Waals surface area contributed by atoms with Crippen LogP contribution in [0.25, 0.3) is 0 Å². The van der Waals surface area contributed by atoms with Gasteiger partial charge in [-0.1, -0.05) is 12.2 Å². The number of rotatable bonds is 7. The van der Waals surface area contributed by atoms with Gasteiger partial charge in [-0.05, 0) is 25.0 Å². The number of hydrogen-bond donors (Lipinski definition) is 2. The van der Waals surface area contributed by atoms with E-state index in [0.717, 1.165) is 38.3 Å². The molecular weight excluding hydrogens is 398 g/mol. The number of hydrogen-bond acceptors (Lipinski definition) is 5. The molecule has 0 saturated carbocycles. The van der Waals surface area contributed by atoms with Gasteiger partial charge in [0.05, 0.1) is 38.7 Å². The van der Waals surface area contributed by atoms with Crippen LogP contribution in [0.1, 0.15) is 18.4 Å². The van der Waals surface area contributed by atoms with Crippen LogP contribution in [0.2, 0.25) is 0 Å². The van der Waals surface area contributed by atoms with Crippen LogP contribution in [0.15, 0.2) is 24.3 Å². The van der Waals surface area contributed by atoms with Crippen molar-refractivity contribution in [2.24, 2.45) is 11.8 Å². The van der Waals surface area contributed by atoms with Gasteiger partial charge >= 0.3 is 0 Å². The predicted molar refractivity (Wildman–Crippen MR) is 113 cm³/mol. The highest BCUT2D eigenvalue weighted by Gasteiger charge is 2.48. The van der Waals surface area contributed by atoms with Crippen LogP contribution >= 0.6 is 0 Å². The Morgan fingerprint density at radius 2 is 1.42 bits per heavy atom. The van der Waals surface area contributed by atoms with Crippen molar-refractivity contribution in [3.8, 4) is 17.2 Å². The van der Waals surface area contributed by atoms with Gasteiger partial charge in [0.2, 0.25) is 17.6 Å². The number of likely N-dealkylation sites (tertiary alicyclic amines) is 1. The highest BCUT2D eigenvalue weighted by molar-refractivity contribution is 6.05. The van der Waals surface area contributed by atoms with Crippen molar-refractivity contribution in [3.05, 3.63) is 29.8 Å². The molecule has 2 saturated heterocycles. The van der Waals surface area contributed by atoms with Crippen molar-refractivity contribution in [3.63, 3.8) is 0 Å². The largest absolute Gasteiger partial charge is 0.493 e. The molecule has 0 unspecified atom stereocenters. The zero-order valence-corrected chi connectivity index (χ0v) is 18.6. The summed E-state index contributed by atoms with van der Waals surface area (Å²) in [6, 6.07) is 3.94. The number of carbonyl (C=O) groups is 2. The zero-order chi connectivity index (χ0) is 22.0. The van der Waals surface area contributed by atoms with Gasteiger partial charge in [0.1, 0.15) is 32.7 Å². The summed E-state index contributed by atoms with van der Waals surface area (Å²) in [5.41, 5.74) is 1.08. The van der Waals surface area contributed by atoms with Gasteiger partial charge < -0.3 is 24.0 Å². The Morgan fingerprint density at radius 1 is 0.839 bits per heavy atom. The molecule has 2 N–H and O–H groups in total. The third-order valence-electron chi connectivity index (χ3n) is 6.87. The number of allylic oxidation sites excluding steroid dienone is 2. The smallest absolute Gasteiger partial charge is 0.237 e. The third-order valence-corrected chi connectivity index (χ3v) is 6.87. The number of benzene rings is 1. The molecule has 8 nitrogen and oxygen atoms in total. The van der Waals surface area contributed by atoms with Crippen LogP contribution < -0.4 is 24.0 Å². The highest BCUT2D eigenvalue weighted by atomic mass is 16.5. The summed E-state index contributed by atoms with van der Waals surface area (Å²) < 4.78 is 16.5. The van der Waals surface area contributed by atoms with Crippen LogP contribution in [0.4, 0.5) is 0 Å². The van der Waals surface area contributed by atoms with E-state index in [1.54, 1.807) is 21.3 Å². The first kappa shape index (κ1) is 21.6. The van der Waals surface area contributed by atoms with Gasteiger partial charge in [0, 0.05) is 0 Å². The summed E-state index contributed by atoms with van der Waals surface area (Å²) in [4.78, 5) is 29.7. The van der Waals surface area contributed by atoms with Crippen LogP contribution in [0.5, 0.6) is 17.2 Å². The van der Waals surface area contributed by atoms with E-state index in [1.807, 2.05) is 24.3 Å². The summed E-state index contributed by atoms with van der Waals surface area (Å²) in [5.74, 6) is 1.76. The molecule has 3 aliphatic rings. The second-order valence-corrected chi connectivity index (χ2v) is 8.59. The second kappa shape index (κ2) is 9.28. The number of fused-ring (bicyclic) bond motifs is 1. The van der Waals surface area contributed by atoms with E-state index in [1.165, 1.54) is 14.7 Å². The Kier molecular flexibility index (Phi) is 6.48. The predicted octanol–water partition coefficient (Wildman–Crippen LogP) is -1.10. The average molecular weight is 432 g/mol. The van der Waals surface area contributed by atoms with E-state index in [2.05, 4.69) is 0 Å². The minimum atomic E-state index is -0.138. The molecular formula is C23H33N3O5+2. The van der Waals surface area contributed by atoms with Crippen LogP contribution in [0.3, 0.4) is 0 Å². The standard InChI is InChI=1S/C23H31N3O5/c1-29-19-9-8-16(20(30-2)21(19)31-3)14-24-10-12-25(13-11-24)15-26-22(27)17-6-4-5-7-18(17)23(26)28/h4-5,8-9,17-18H,6-7,10-15H2,1-3H3/p+2/t17-,18-/m1/s1. The van der Waals surface area contributed by atoms with Crippen molar-refractivity contribution >= 4 is 11.8 Å². The van der Waals surface area contributed by atoms with E-state index in [4.69, 9.17) is 14.2 Å². The number of nitrogens with one attached hydrogen (secondary N) is 2. The lowest BCUT2D eigenvalue weighted by atomic mass is 9.85. The van der Waals surface area contributed by atoms with Crippen LogP contribution in [0, 0.1) is 11.8 Å². The summed E-state index contributed by atoms with van der Waals surface area (Å²) in [6.45, 7) is 5.12. The lowest BCUT2D eigenvalue weighted by molar-refractivity contribution is -1.02. The molecule has 0 spiro atoms. The molecule has 2 heterocycles. The third kappa shape index (κ3) is 4.14. The van der Waals surface area contributed by atoms with Crippen LogP contribution in [-0.4, -0.2) is 70.9 Å². The number of imide groups is 1. The van der Waals surface area contributed by atoms with Gasteiger partial charge in [-0.25, -0.2) is 4.90 Å². The van der Waals surface area contributed by atoms with Gasteiger partial charge in [-0.15, -0.1) is 0 Å². The minimum absolute atomic E-state index is 0.0247. The lowest BCUT2D eigenvalue weighted by Crippen LogP contribution is -3.28. The fraction of sp³-hybridized carbons (Fsp3) is 0.565. The molecule has 1 aliphatic carbocycles. The van der Waals surface area contributed by atoms with E-state index in [-0.39, 0.29) is 23.7 Å². The summed E-state index contributed by atoms with van der Waals surface area (Å²) in [6.07, 6.45) is 5.47. The first-order valence-corrected chi connectivity index (χ1v) is 11.0. The number of piperazine rings is 1.